The fraction of sp³-hybridized carbons (Fsp3) is 0.400. The standard InChI is InChI=1S/C25H31N3O3/c1-4-31-25(29)24-19(2)28(23-11-10-21(30-3)18-22(23)24)17-14-26-12-15-27(16-13-26)20-8-6-5-7-9-20/h5-11,18H,4,12-17H2,1-3H3. The van der Waals surface area contributed by atoms with Gasteiger partial charge < -0.3 is 18.9 Å². The maximum atomic E-state index is 12.7. The summed E-state index contributed by atoms with van der Waals surface area (Å²) in [4.78, 5) is 17.6. The molecule has 164 valence electrons. The molecule has 4 rings (SSSR count). The molecule has 3 aromatic rings. The molecule has 0 radical (unpaired) electrons. The molecule has 0 aliphatic carbocycles. The van der Waals surface area contributed by atoms with E-state index in [9.17, 15) is 4.79 Å². The van der Waals surface area contributed by atoms with Crippen molar-refractivity contribution in [3.63, 3.8) is 0 Å². The van der Waals surface area contributed by atoms with Gasteiger partial charge in [-0.05, 0) is 44.2 Å². The Labute approximate surface area is 184 Å². The zero-order chi connectivity index (χ0) is 21.8. The fourth-order valence-corrected chi connectivity index (χ4v) is 4.45. The van der Waals surface area contributed by atoms with Crippen LogP contribution in [-0.2, 0) is 11.3 Å². The molecule has 0 unspecified atom stereocenters. The van der Waals surface area contributed by atoms with Crippen LogP contribution in [0, 0.1) is 6.92 Å². The molecule has 1 saturated heterocycles. The molecular weight excluding hydrogens is 390 g/mol. The number of benzene rings is 2. The highest BCUT2D eigenvalue weighted by Crippen LogP contribution is 2.30. The molecule has 31 heavy (non-hydrogen) atoms. The van der Waals surface area contributed by atoms with E-state index in [1.165, 1.54) is 5.69 Å². The van der Waals surface area contributed by atoms with Crippen molar-refractivity contribution < 1.29 is 14.3 Å². The van der Waals surface area contributed by atoms with Gasteiger partial charge in [0, 0.05) is 61.6 Å². The quantitative estimate of drug-likeness (QED) is 0.541. The summed E-state index contributed by atoms with van der Waals surface area (Å²) < 4.78 is 13.0. The van der Waals surface area contributed by atoms with Crippen molar-refractivity contribution in [3.8, 4) is 5.75 Å². The molecule has 1 aromatic heterocycles. The highest BCUT2D eigenvalue weighted by Gasteiger charge is 2.23. The Morgan fingerprint density at radius 3 is 2.42 bits per heavy atom. The molecule has 0 spiro atoms. The van der Waals surface area contributed by atoms with Crippen LogP contribution in [0.1, 0.15) is 23.0 Å². The highest BCUT2D eigenvalue weighted by molar-refractivity contribution is 6.06. The Hall–Kier alpha value is -2.99. The minimum absolute atomic E-state index is 0.270. The average Bonchev–Trinajstić information content (AvgIpc) is 3.09. The van der Waals surface area contributed by atoms with Gasteiger partial charge in [-0.3, -0.25) is 4.90 Å². The fourth-order valence-electron chi connectivity index (χ4n) is 4.45. The number of hydrogen-bond donors (Lipinski definition) is 0. The van der Waals surface area contributed by atoms with Crippen LogP contribution in [0.2, 0.25) is 0 Å². The van der Waals surface area contributed by atoms with E-state index in [0.29, 0.717) is 12.2 Å². The van der Waals surface area contributed by atoms with Gasteiger partial charge in [0.25, 0.3) is 0 Å². The molecular formula is C25H31N3O3. The van der Waals surface area contributed by atoms with Gasteiger partial charge in [-0.1, -0.05) is 18.2 Å². The van der Waals surface area contributed by atoms with Crippen LogP contribution >= 0.6 is 0 Å². The zero-order valence-electron chi connectivity index (χ0n) is 18.6. The van der Waals surface area contributed by atoms with E-state index < -0.39 is 0 Å². The lowest BCUT2D eigenvalue weighted by Gasteiger charge is -2.36. The van der Waals surface area contributed by atoms with Crippen molar-refractivity contribution in [2.45, 2.75) is 20.4 Å². The van der Waals surface area contributed by atoms with Crippen LogP contribution in [0.3, 0.4) is 0 Å². The first-order valence-corrected chi connectivity index (χ1v) is 11.0. The van der Waals surface area contributed by atoms with E-state index in [4.69, 9.17) is 9.47 Å². The number of carbonyl (C=O) groups is 1. The van der Waals surface area contributed by atoms with Crippen molar-refractivity contribution >= 4 is 22.6 Å². The summed E-state index contributed by atoms with van der Waals surface area (Å²) >= 11 is 0. The summed E-state index contributed by atoms with van der Waals surface area (Å²) in [6.07, 6.45) is 0. The third-order valence-corrected chi connectivity index (χ3v) is 6.14. The molecule has 1 fully saturated rings. The number of carbonyl (C=O) groups excluding carboxylic acids is 1. The maximum absolute atomic E-state index is 12.7. The Morgan fingerprint density at radius 2 is 1.74 bits per heavy atom. The minimum atomic E-state index is -0.270. The summed E-state index contributed by atoms with van der Waals surface area (Å²) in [5.74, 6) is 0.473. The van der Waals surface area contributed by atoms with E-state index >= 15 is 0 Å². The van der Waals surface area contributed by atoms with Gasteiger partial charge >= 0.3 is 5.97 Å². The number of anilines is 1. The smallest absolute Gasteiger partial charge is 0.340 e. The number of nitrogens with zero attached hydrogens (tertiary/aromatic N) is 3. The van der Waals surface area contributed by atoms with Crippen molar-refractivity contribution in [1.82, 2.24) is 9.47 Å². The normalized spacial score (nSPS) is 14.7. The predicted octanol–water partition coefficient (Wildman–Crippen LogP) is 3.96. The average molecular weight is 422 g/mol. The summed E-state index contributed by atoms with van der Waals surface area (Å²) in [6.45, 7) is 10.1. The first-order chi connectivity index (χ1) is 15.1. The van der Waals surface area contributed by atoms with Gasteiger partial charge in [0.2, 0.25) is 0 Å². The van der Waals surface area contributed by atoms with Crippen LogP contribution in [0.25, 0.3) is 10.9 Å². The van der Waals surface area contributed by atoms with Gasteiger partial charge in [0.1, 0.15) is 5.75 Å². The van der Waals surface area contributed by atoms with Gasteiger partial charge in [-0.2, -0.15) is 0 Å². The molecule has 0 bridgehead atoms. The second-order valence-electron chi connectivity index (χ2n) is 7.88. The van der Waals surface area contributed by atoms with Crippen LogP contribution in [0.4, 0.5) is 5.69 Å². The molecule has 1 aliphatic heterocycles. The third-order valence-electron chi connectivity index (χ3n) is 6.14. The van der Waals surface area contributed by atoms with Gasteiger partial charge in [-0.25, -0.2) is 4.79 Å². The Balaban J connectivity index is 1.50. The van der Waals surface area contributed by atoms with Crippen LogP contribution in [0.15, 0.2) is 48.5 Å². The van der Waals surface area contributed by atoms with Crippen LogP contribution in [-0.4, -0.2) is 61.9 Å². The molecule has 2 aromatic carbocycles. The third kappa shape index (κ3) is 4.39. The van der Waals surface area contributed by atoms with Crippen molar-refractivity contribution in [3.05, 3.63) is 59.8 Å². The number of piperazine rings is 1. The molecule has 6 nitrogen and oxygen atoms in total. The summed E-state index contributed by atoms with van der Waals surface area (Å²) in [7, 11) is 1.64. The molecule has 0 N–H and O–H groups in total. The number of para-hydroxylation sites is 1. The van der Waals surface area contributed by atoms with Crippen LogP contribution in [0.5, 0.6) is 5.75 Å². The first-order valence-electron chi connectivity index (χ1n) is 11.0. The monoisotopic (exact) mass is 421 g/mol. The second-order valence-corrected chi connectivity index (χ2v) is 7.88. The lowest BCUT2D eigenvalue weighted by Crippen LogP contribution is -2.47. The number of hydrogen-bond acceptors (Lipinski definition) is 5. The number of aromatic nitrogens is 1. The van der Waals surface area contributed by atoms with Gasteiger partial charge in [-0.15, -0.1) is 0 Å². The molecule has 1 aliphatic rings. The summed E-state index contributed by atoms with van der Waals surface area (Å²) in [5.41, 5.74) is 3.93. The highest BCUT2D eigenvalue weighted by atomic mass is 16.5. The van der Waals surface area contributed by atoms with E-state index in [1.807, 2.05) is 32.0 Å². The number of ether oxygens (including phenoxy) is 2. The Morgan fingerprint density at radius 1 is 1.00 bits per heavy atom. The van der Waals surface area contributed by atoms with Gasteiger partial charge in [0.05, 0.1) is 19.3 Å². The lowest BCUT2D eigenvalue weighted by molar-refractivity contribution is 0.0527. The SMILES string of the molecule is CCOC(=O)c1c(C)n(CCN2CCN(c3ccccc3)CC2)c2ccc(OC)cc12. The van der Waals surface area contributed by atoms with E-state index in [0.717, 1.165) is 61.6 Å². The Kier molecular flexibility index (Phi) is 6.47. The molecule has 6 heteroatoms. The van der Waals surface area contributed by atoms with Gasteiger partial charge in [0.15, 0.2) is 0 Å². The van der Waals surface area contributed by atoms with Crippen LogP contribution < -0.4 is 9.64 Å². The largest absolute Gasteiger partial charge is 0.497 e. The second kappa shape index (κ2) is 9.43. The number of rotatable bonds is 7. The maximum Gasteiger partial charge on any atom is 0.340 e. The zero-order valence-corrected chi connectivity index (χ0v) is 18.6. The van der Waals surface area contributed by atoms with E-state index in [1.54, 1.807) is 7.11 Å². The Bertz CT molecular complexity index is 1040. The van der Waals surface area contributed by atoms with Crippen molar-refractivity contribution in [2.75, 3.05) is 51.3 Å². The van der Waals surface area contributed by atoms with Crippen molar-refractivity contribution in [1.29, 1.82) is 0 Å². The number of methoxy groups -OCH3 is 1. The molecule has 0 atom stereocenters. The predicted molar refractivity (Wildman–Crippen MR) is 124 cm³/mol. The summed E-state index contributed by atoms with van der Waals surface area (Å²) in [5, 5.41) is 0.893. The molecule has 0 saturated carbocycles. The topological polar surface area (TPSA) is 46.9 Å². The molecule has 0 amide bonds. The lowest BCUT2D eigenvalue weighted by atomic mass is 10.1. The van der Waals surface area contributed by atoms with E-state index in [2.05, 4.69) is 44.7 Å². The first kappa shape index (κ1) is 21.2. The summed E-state index contributed by atoms with van der Waals surface area (Å²) in [6, 6.07) is 16.5. The number of fused-ring (bicyclic) bond motifs is 1. The molecule has 2 heterocycles. The minimum Gasteiger partial charge on any atom is -0.497 e. The van der Waals surface area contributed by atoms with E-state index in [-0.39, 0.29) is 5.97 Å². The number of esters is 1. The van der Waals surface area contributed by atoms with Crippen molar-refractivity contribution in [2.24, 2.45) is 0 Å².